The number of hydrogen-bond donors (Lipinski definition) is 1. The van der Waals surface area contributed by atoms with Crippen molar-refractivity contribution in [1.82, 2.24) is 4.98 Å². The molecule has 0 saturated heterocycles. The van der Waals surface area contributed by atoms with Crippen LogP contribution in [0.15, 0.2) is 16.7 Å². The molecule has 1 heterocycles. The Hall–Kier alpha value is -1.17. The van der Waals surface area contributed by atoms with Gasteiger partial charge >= 0.3 is 5.69 Å². The van der Waals surface area contributed by atoms with Gasteiger partial charge in [-0.1, -0.05) is 20.8 Å². The molecule has 5 nitrogen and oxygen atoms in total. The molecule has 0 aliphatic rings. The summed E-state index contributed by atoms with van der Waals surface area (Å²) in [6.07, 6.45) is 2.47. The molecule has 0 spiro atoms. The van der Waals surface area contributed by atoms with E-state index in [0.717, 1.165) is 6.42 Å². The summed E-state index contributed by atoms with van der Waals surface area (Å²) in [6, 6.07) is 1.45. The number of nitrogens with zero attached hydrogens (tertiary/aromatic N) is 2. The fraction of sp³-hybridized carbons (Fsp3) is 0.545. The standard InChI is InChI=1S/C11H16BrN3O2/c1-11(2,3)4-5-13-10-9(15(16)17)6-8(12)7-14-10/h6-7H,4-5H2,1-3H3,(H,13,14). The summed E-state index contributed by atoms with van der Waals surface area (Å²) >= 11 is 3.17. The van der Waals surface area contributed by atoms with Crippen molar-refractivity contribution in [1.29, 1.82) is 0 Å². The van der Waals surface area contributed by atoms with Crippen LogP contribution in [0.4, 0.5) is 11.5 Å². The number of rotatable bonds is 4. The van der Waals surface area contributed by atoms with E-state index in [1.807, 2.05) is 0 Å². The van der Waals surface area contributed by atoms with Crippen molar-refractivity contribution in [3.63, 3.8) is 0 Å². The fourth-order valence-corrected chi connectivity index (χ4v) is 1.58. The number of nitrogens with one attached hydrogen (secondary N) is 1. The maximum atomic E-state index is 10.8. The Labute approximate surface area is 109 Å². The van der Waals surface area contributed by atoms with Crippen LogP contribution in [0.25, 0.3) is 0 Å². The molecule has 0 fully saturated rings. The molecule has 17 heavy (non-hydrogen) atoms. The molecule has 0 radical (unpaired) electrons. The van der Waals surface area contributed by atoms with E-state index in [-0.39, 0.29) is 11.1 Å². The molecule has 0 saturated carbocycles. The second-order valence-corrected chi connectivity index (χ2v) is 5.93. The van der Waals surface area contributed by atoms with Crippen molar-refractivity contribution in [2.24, 2.45) is 5.41 Å². The highest BCUT2D eigenvalue weighted by atomic mass is 79.9. The van der Waals surface area contributed by atoms with Crippen molar-refractivity contribution in [3.8, 4) is 0 Å². The Morgan fingerprint density at radius 1 is 1.53 bits per heavy atom. The highest BCUT2D eigenvalue weighted by molar-refractivity contribution is 9.10. The van der Waals surface area contributed by atoms with Crippen LogP contribution in [-0.4, -0.2) is 16.5 Å². The summed E-state index contributed by atoms with van der Waals surface area (Å²) in [6.45, 7) is 7.04. The van der Waals surface area contributed by atoms with Crippen LogP contribution in [0.2, 0.25) is 0 Å². The van der Waals surface area contributed by atoms with Gasteiger partial charge in [-0.05, 0) is 27.8 Å². The number of hydrogen-bond acceptors (Lipinski definition) is 4. The number of halogens is 1. The Bertz CT molecular complexity index is 416. The van der Waals surface area contributed by atoms with Crippen molar-refractivity contribution in [2.45, 2.75) is 27.2 Å². The maximum Gasteiger partial charge on any atom is 0.312 e. The Morgan fingerprint density at radius 2 is 2.18 bits per heavy atom. The van der Waals surface area contributed by atoms with Gasteiger partial charge in [0.1, 0.15) is 0 Å². The minimum Gasteiger partial charge on any atom is -0.364 e. The molecule has 6 heteroatoms. The van der Waals surface area contributed by atoms with Crippen LogP contribution in [0, 0.1) is 15.5 Å². The number of aromatic nitrogens is 1. The van der Waals surface area contributed by atoms with E-state index in [1.165, 1.54) is 6.07 Å². The lowest BCUT2D eigenvalue weighted by molar-refractivity contribution is -0.384. The molecule has 1 N–H and O–H groups in total. The van der Waals surface area contributed by atoms with Crippen LogP contribution < -0.4 is 5.32 Å². The van der Waals surface area contributed by atoms with Gasteiger partial charge in [-0.3, -0.25) is 10.1 Å². The van der Waals surface area contributed by atoms with Gasteiger partial charge in [-0.2, -0.15) is 0 Å². The third-order valence-electron chi connectivity index (χ3n) is 2.20. The van der Waals surface area contributed by atoms with Crippen LogP contribution in [0.1, 0.15) is 27.2 Å². The molecular formula is C11H16BrN3O2. The molecule has 0 aromatic carbocycles. The van der Waals surface area contributed by atoms with E-state index in [2.05, 4.69) is 47.0 Å². The number of nitro groups is 1. The van der Waals surface area contributed by atoms with E-state index < -0.39 is 4.92 Å². The Kier molecular flexibility index (Phi) is 4.45. The first-order chi connectivity index (χ1) is 7.79. The summed E-state index contributed by atoms with van der Waals surface area (Å²) in [4.78, 5) is 14.4. The van der Waals surface area contributed by atoms with Gasteiger partial charge in [0, 0.05) is 23.3 Å². The third kappa shape index (κ3) is 4.68. The first-order valence-corrected chi connectivity index (χ1v) is 6.13. The van der Waals surface area contributed by atoms with Crippen LogP contribution in [0.3, 0.4) is 0 Å². The van der Waals surface area contributed by atoms with E-state index in [4.69, 9.17) is 0 Å². The predicted octanol–water partition coefficient (Wildman–Crippen LogP) is 3.60. The molecule has 1 aromatic rings. The summed E-state index contributed by atoms with van der Waals surface area (Å²) in [7, 11) is 0. The molecule has 1 aromatic heterocycles. The molecule has 0 atom stereocenters. The van der Waals surface area contributed by atoms with E-state index in [1.54, 1.807) is 6.20 Å². The minimum absolute atomic E-state index is 0.00622. The Morgan fingerprint density at radius 3 is 2.71 bits per heavy atom. The first-order valence-electron chi connectivity index (χ1n) is 5.33. The average molecular weight is 302 g/mol. The topological polar surface area (TPSA) is 68.1 Å². The minimum atomic E-state index is -0.433. The molecule has 94 valence electrons. The second-order valence-electron chi connectivity index (χ2n) is 5.02. The molecule has 1 rings (SSSR count). The highest BCUT2D eigenvalue weighted by Crippen LogP contribution is 2.26. The van der Waals surface area contributed by atoms with Crippen molar-refractivity contribution >= 4 is 27.4 Å². The normalized spacial score (nSPS) is 11.3. The van der Waals surface area contributed by atoms with Gasteiger partial charge in [0.05, 0.1) is 4.92 Å². The Balaban J connectivity index is 2.74. The lowest BCUT2D eigenvalue weighted by Gasteiger charge is -2.18. The van der Waals surface area contributed by atoms with Crippen LogP contribution >= 0.6 is 15.9 Å². The van der Waals surface area contributed by atoms with Crippen LogP contribution in [-0.2, 0) is 0 Å². The fourth-order valence-electron chi connectivity index (χ4n) is 1.26. The van der Waals surface area contributed by atoms with Gasteiger partial charge in [0.25, 0.3) is 0 Å². The smallest absolute Gasteiger partial charge is 0.312 e. The summed E-state index contributed by atoms with van der Waals surface area (Å²) < 4.78 is 0.602. The van der Waals surface area contributed by atoms with Gasteiger partial charge < -0.3 is 5.32 Å². The zero-order chi connectivity index (χ0) is 13.1. The SMILES string of the molecule is CC(C)(C)CCNc1ncc(Br)cc1[N+](=O)[O-]. The maximum absolute atomic E-state index is 10.8. The lowest BCUT2D eigenvalue weighted by atomic mass is 9.92. The van der Waals surface area contributed by atoms with E-state index in [0.29, 0.717) is 16.8 Å². The predicted molar refractivity (Wildman–Crippen MR) is 71.2 cm³/mol. The monoisotopic (exact) mass is 301 g/mol. The summed E-state index contributed by atoms with van der Waals surface area (Å²) in [5, 5.41) is 13.8. The zero-order valence-electron chi connectivity index (χ0n) is 10.2. The molecule has 0 aliphatic heterocycles. The number of anilines is 1. The van der Waals surface area contributed by atoms with Crippen molar-refractivity contribution in [2.75, 3.05) is 11.9 Å². The van der Waals surface area contributed by atoms with Gasteiger partial charge in [0.15, 0.2) is 0 Å². The van der Waals surface area contributed by atoms with Crippen molar-refractivity contribution in [3.05, 3.63) is 26.9 Å². The molecule has 0 unspecified atom stereocenters. The van der Waals surface area contributed by atoms with E-state index >= 15 is 0 Å². The third-order valence-corrected chi connectivity index (χ3v) is 2.63. The molecule has 0 aliphatic carbocycles. The van der Waals surface area contributed by atoms with E-state index in [9.17, 15) is 10.1 Å². The lowest BCUT2D eigenvalue weighted by Crippen LogP contribution is -2.14. The number of pyridine rings is 1. The molecule has 0 bridgehead atoms. The van der Waals surface area contributed by atoms with Gasteiger partial charge in [-0.25, -0.2) is 4.98 Å². The van der Waals surface area contributed by atoms with Crippen LogP contribution in [0.5, 0.6) is 0 Å². The van der Waals surface area contributed by atoms with Gasteiger partial charge in [0.2, 0.25) is 5.82 Å². The summed E-state index contributed by atoms with van der Waals surface area (Å²) in [5.74, 6) is 0.322. The molecule has 0 amide bonds. The zero-order valence-corrected chi connectivity index (χ0v) is 11.7. The van der Waals surface area contributed by atoms with Crippen molar-refractivity contribution < 1.29 is 4.92 Å². The van der Waals surface area contributed by atoms with Gasteiger partial charge in [-0.15, -0.1) is 0 Å². The first kappa shape index (κ1) is 13.9. The molecular weight excluding hydrogens is 286 g/mol. The summed E-state index contributed by atoms with van der Waals surface area (Å²) in [5.41, 5.74) is 0.185. The average Bonchev–Trinajstić information content (AvgIpc) is 2.18. The quantitative estimate of drug-likeness (QED) is 0.681. The second kappa shape index (κ2) is 5.44. The highest BCUT2D eigenvalue weighted by Gasteiger charge is 2.16. The largest absolute Gasteiger partial charge is 0.364 e.